The fraction of sp³-hybridized carbons (Fsp3) is 0.619. The Morgan fingerprint density at radius 2 is 1.73 bits per heavy atom. The molecule has 30 heavy (non-hydrogen) atoms. The molecule has 1 aromatic carbocycles. The Labute approximate surface area is 179 Å². The summed E-state index contributed by atoms with van der Waals surface area (Å²) < 4.78 is 27.7. The smallest absolute Gasteiger partial charge is 0.254 e. The standard InChI is InChI=1S/C21H32N4O4S/c1-4-24(5-2)20(26)15-23-10-12-25(13-11-23)21(27)19-14-18(9-6-16(19)3)30(28,29)22-17-7-8-17/h6,9,14,17,22H,4-5,7-8,10-13,15H2,1-3H3. The highest BCUT2D eigenvalue weighted by molar-refractivity contribution is 7.89. The Hall–Kier alpha value is -1.97. The highest BCUT2D eigenvalue weighted by atomic mass is 32.2. The molecule has 1 aliphatic carbocycles. The summed E-state index contributed by atoms with van der Waals surface area (Å²) in [5, 5.41) is 0. The zero-order valence-corrected chi connectivity index (χ0v) is 18.9. The molecule has 1 N–H and O–H groups in total. The number of benzene rings is 1. The molecular weight excluding hydrogens is 404 g/mol. The third-order valence-electron chi connectivity index (χ3n) is 5.78. The average Bonchev–Trinajstić information content (AvgIpc) is 3.52. The Morgan fingerprint density at radius 3 is 2.30 bits per heavy atom. The Bertz CT molecular complexity index is 886. The molecule has 0 bridgehead atoms. The molecule has 2 fully saturated rings. The maximum Gasteiger partial charge on any atom is 0.254 e. The molecule has 2 amide bonds. The van der Waals surface area contributed by atoms with E-state index in [2.05, 4.69) is 9.62 Å². The van der Waals surface area contributed by atoms with Crippen molar-refractivity contribution in [1.82, 2.24) is 19.4 Å². The van der Waals surface area contributed by atoms with Crippen LogP contribution in [0, 0.1) is 6.92 Å². The largest absolute Gasteiger partial charge is 0.342 e. The first-order chi connectivity index (χ1) is 14.2. The number of hydrogen-bond donors (Lipinski definition) is 1. The lowest BCUT2D eigenvalue weighted by Crippen LogP contribution is -2.51. The Morgan fingerprint density at radius 1 is 1.10 bits per heavy atom. The number of nitrogens with zero attached hydrogens (tertiary/aromatic N) is 3. The molecule has 8 nitrogen and oxygen atoms in total. The van der Waals surface area contributed by atoms with Gasteiger partial charge >= 0.3 is 0 Å². The molecule has 1 saturated heterocycles. The van der Waals surface area contributed by atoms with Crippen molar-refractivity contribution in [3.8, 4) is 0 Å². The van der Waals surface area contributed by atoms with Gasteiger partial charge in [0.25, 0.3) is 5.91 Å². The van der Waals surface area contributed by atoms with Gasteiger partial charge in [-0.3, -0.25) is 14.5 Å². The fourth-order valence-corrected chi connectivity index (χ4v) is 4.97. The van der Waals surface area contributed by atoms with Gasteiger partial charge in [0, 0.05) is 50.9 Å². The summed E-state index contributed by atoms with van der Waals surface area (Å²) in [7, 11) is -3.61. The number of carbonyl (C=O) groups is 2. The quantitative estimate of drug-likeness (QED) is 0.658. The molecule has 3 rings (SSSR count). The molecule has 9 heteroatoms. The molecule has 2 aliphatic rings. The molecule has 1 aromatic rings. The van der Waals surface area contributed by atoms with Gasteiger partial charge in [0.15, 0.2) is 0 Å². The summed E-state index contributed by atoms with van der Waals surface area (Å²) in [5.41, 5.74) is 1.17. The van der Waals surface area contributed by atoms with Gasteiger partial charge in [0.05, 0.1) is 11.4 Å². The van der Waals surface area contributed by atoms with Crippen LogP contribution < -0.4 is 4.72 Å². The van der Waals surface area contributed by atoms with E-state index in [0.717, 1.165) is 18.4 Å². The van der Waals surface area contributed by atoms with Crippen LogP contribution in [0.3, 0.4) is 0 Å². The monoisotopic (exact) mass is 436 g/mol. The number of rotatable bonds is 8. The summed E-state index contributed by atoms with van der Waals surface area (Å²) in [6, 6.07) is 4.74. The second kappa shape index (κ2) is 9.45. The van der Waals surface area contributed by atoms with Gasteiger partial charge in [0.1, 0.15) is 0 Å². The number of nitrogens with one attached hydrogen (secondary N) is 1. The van der Waals surface area contributed by atoms with Crippen molar-refractivity contribution < 1.29 is 18.0 Å². The van der Waals surface area contributed by atoms with Gasteiger partial charge in [-0.1, -0.05) is 6.07 Å². The maximum atomic E-state index is 13.1. The lowest BCUT2D eigenvalue weighted by Gasteiger charge is -2.35. The van der Waals surface area contributed by atoms with E-state index >= 15 is 0 Å². The summed E-state index contributed by atoms with van der Waals surface area (Å²) in [6.45, 7) is 9.79. The van der Waals surface area contributed by atoms with E-state index in [1.807, 2.05) is 25.7 Å². The van der Waals surface area contributed by atoms with Crippen LogP contribution in [0.15, 0.2) is 23.1 Å². The van der Waals surface area contributed by atoms with Crippen LogP contribution in [0.5, 0.6) is 0 Å². The summed E-state index contributed by atoms with van der Waals surface area (Å²) in [6.07, 6.45) is 1.72. The summed E-state index contributed by atoms with van der Waals surface area (Å²) in [4.78, 5) is 31.1. The topological polar surface area (TPSA) is 90.0 Å². The molecule has 0 spiro atoms. The zero-order valence-electron chi connectivity index (χ0n) is 18.1. The van der Waals surface area contributed by atoms with E-state index in [9.17, 15) is 18.0 Å². The number of carbonyl (C=O) groups excluding carboxylic acids is 2. The SMILES string of the molecule is CCN(CC)C(=O)CN1CCN(C(=O)c2cc(S(=O)(=O)NC3CC3)ccc2C)CC1. The Kier molecular flexibility index (Phi) is 7.15. The number of aryl methyl sites for hydroxylation is 1. The van der Waals surface area contributed by atoms with Crippen LogP contribution >= 0.6 is 0 Å². The second-order valence-corrected chi connectivity index (χ2v) is 9.72. The van der Waals surface area contributed by atoms with Crippen LogP contribution in [-0.4, -0.2) is 86.8 Å². The van der Waals surface area contributed by atoms with E-state index in [1.54, 1.807) is 17.0 Å². The summed E-state index contributed by atoms with van der Waals surface area (Å²) in [5.74, 6) is -0.0533. The van der Waals surface area contributed by atoms with E-state index in [4.69, 9.17) is 0 Å². The summed E-state index contributed by atoms with van der Waals surface area (Å²) >= 11 is 0. The third-order valence-corrected chi connectivity index (χ3v) is 7.30. The number of amides is 2. The molecular formula is C21H32N4O4S. The van der Waals surface area contributed by atoms with Gasteiger partial charge in [-0.05, 0) is 51.3 Å². The van der Waals surface area contributed by atoms with Gasteiger partial charge in [-0.15, -0.1) is 0 Å². The number of hydrogen-bond acceptors (Lipinski definition) is 5. The van der Waals surface area contributed by atoms with Gasteiger partial charge in [0.2, 0.25) is 15.9 Å². The predicted octanol–water partition coefficient (Wildman–Crippen LogP) is 1.06. The van der Waals surface area contributed by atoms with Crippen LogP contribution in [0.25, 0.3) is 0 Å². The van der Waals surface area contributed by atoms with E-state index in [1.165, 1.54) is 6.07 Å². The maximum absolute atomic E-state index is 13.1. The Balaban J connectivity index is 1.63. The first-order valence-corrected chi connectivity index (χ1v) is 12.2. The van der Waals surface area contributed by atoms with Crippen molar-refractivity contribution in [2.75, 3.05) is 45.8 Å². The van der Waals surface area contributed by atoms with E-state index < -0.39 is 10.0 Å². The minimum atomic E-state index is -3.61. The van der Waals surface area contributed by atoms with Crippen molar-refractivity contribution in [3.63, 3.8) is 0 Å². The molecule has 1 saturated carbocycles. The van der Waals surface area contributed by atoms with Crippen LogP contribution in [0.1, 0.15) is 42.6 Å². The number of sulfonamides is 1. The third kappa shape index (κ3) is 5.39. The van der Waals surface area contributed by atoms with Crippen molar-refractivity contribution in [3.05, 3.63) is 29.3 Å². The lowest BCUT2D eigenvalue weighted by atomic mass is 10.1. The van der Waals surface area contributed by atoms with Gasteiger partial charge in [-0.2, -0.15) is 0 Å². The highest BCUT2D eigenvalue weighted by Crippen LogP contribution is 2.24. The first kappa shape index (κ1) is 22.7. The van der Waals surface area contributed by atoms with E-state index in [-0.39, 0.29) is 22.8 Å². The minimum absolute atomic E-state index is 0.0163. The minimum Gasteiger partial charge on any atom is -0.342 e. The van der Waals surface area contributed by atoms with Gasteiger partial charge in [-0.25, -0.2) is 13.1 Å². The molecule has 1 heterocycles. The molecule has 0 unspecified atom stereocenters. The molecule has 0 atom stereocenters. The average molecular weight is 437 g/mol. The van der Waals surface area contributed by atoms with Crippen molar-refractivity contribution >= 4 is 21.8 Å². The normalized spacial score (nSPS) is 17.8. The fourth-order valence-electron chi connectivity index (χ4n) is 3.63. The first-order valence-electron chi connectivity index (χ1n) is 10.7. The lowest BCUT2D eigenvalue weighted by molar-refractivity contribution is -0.132. The van der Waals surface area contributed by atoms with Crippen molar-refractivity contribution in [2.45, 2.75) is 44.6 Å². The number of likely N-dealkylation sites (N-methyl/N-ethyl adjacent to an activating group) is 1. The van der Waals surface area contributed by atoms with E-state index in [0.29, 0.717) is 51.4 Å². The molecule has 166 valence electrons. The number of piperazine rings is 1. The van der Waals surface area contributed by atoms with Crippen molar-refractivity contribution in [2.24, 2.45) is 0 Å². The zero-order chi connectivity index (χ0) is 21.9. The second-order valence-electron chi connectivity index (χ2n) is 8.01. The van der Waals surface area contributed by atoms with Crippen molar-refractivity contribution in [1.29, 1.82) is 0 Å². The molecule has 0 radical (unpaired) electrons. The van der Waals surface area contributed by atoms with Crippen LogP contribution in [0.2, 0.25) is 0 Å². The molecule has 1 aliphatic heterocycles. The predicted molar refractivity (Wildman–Crippen MR) is 115 cm³/mol. The highest BCUT2D eigenvalue weighted by Gasteiger charge is 2.30. The molecule has 0 aromatic heterocycles. The van der Waals surface area contributed by atoms with Crippen LogP contribution in [0.4, 0.5) is 0 Å². The van der Waals surface area contributed by atoms with Crippen LogP contribution in [-0.2, 0) is 14.8 Å². The van der Waals surface area contributed by atoms with Gasteiger partial charge < -0.3 is 9.80 Å².